The van der Waals surface area contributed by atoms with Gasteiger partial charge in [-0.1, -0.05) is 26.3 Å². The fraction of sp³-hybridized carbons (Fsp3) is 0.647. The summed E-state index contributed by atoms with van der Waals surface area (Å²) in [6, 6.07) is 5.87. The highest BCUT2D eigenvalue weighted by atomic mass is 16.5. The van der Waals surface area contributed by atoms with E-state index in [4.69, 9.17) is 9.47 Å². The first-order valence-electron chi connectivity index (χ1n) is 7.65. The summed E-state index contributed by atoms with van der Waals surface area (Å²) < 4.78 is 11.4. The minimum atomic E-state index is -0.412. The number of hydrogen-bond acceptors (Lipinski definition) is 3. The predicted molar refractivity (Wildman–Crippen MR) is 78.1 cm³/mol. The molecule has 1 aliphatic heterocycles. The van der Waals surface area contributed by atoms with E-state index in [-0.39, 0.29) is 5.41 Å². The molecule has 2 atom stereocenters. The Morgan fingerprint density at radius 2 is 1.90 bits per heavy atom. The molecular weight excluding hydrogens is 252 g/mol. The number of aliphatic hydroxyl groups excluding tert-OH is 1. The number of aliphatic hydroxyl groups is 1. The predicted octanol–water partition coefficient (Wildman–Crippen LogP) is 3.71. The number of hydrogen-bond donors (Lipinski definition) is 1. The highest BCUT2D eigenvalue weighted by molar-refractivity contribution is 5.44. The Labute approximate surface area is 120 Å². The minimum absolute atomic E-state index is 0.212. The zero-order valence-electron chi connectivity index (χ0n) is 12.4. The molecule has 1 fully saturated rings. The van der Waals surface area contributed by atoms with Gasteiger partial charge in [-0.2, -0.15) is 0 Å². The van der Waals surface area contributed by atoms with Gasteiger partial charge in [0.05, 0.1) is 19.3 Å². The van der Waals surface area contributed by atoms with Crippen molar-refractivity contribution in [3.05, 3.63) is 23.8 Å². The first-order valence-corrected chi connectivity index (χ1v) is 7.65. The molecule has 0 spiro atoms. The lowest BCUT2D eigenvalue weighted by Gasteiger charge is -2.31. The maximum atomic E-state index is 10.7. The van der Waals surface area contributed by atoms with E-state index in [2.05, 4.69) is 13.8 Å². The topological polar surface area (TPSA) is 38.7 Å². The van der Waals surface area contributed by atoms with Gasteiger partial charge in [0.15, 0.2) is 11.5 Å². The van der Waals surface area contributed by atoms with E-state index in [1.165, 1.54) is 12.8 Å². The summed E-state index contributed by atoms with van der Waals surface area (Å²) in [6.45, 7) is 5.90. The molecular formula is C17H24O3. The van der Waals surface area contributed by atoms with Gasteiger partial charge in [0.2, 0.25) is 0 Å². The van der Waals surface area contributed by atoms with Crippen molar-refractivity contribution in [2.45, 2.75) is 45.6 Å². The monoisotopic (exact) mass is 276 g/mol. The number of ether oxygens (including phenoxy) is 2. The third kappa shape index (κ3) is 2.51. The molecule has 1 aromatic carbocycles. The highest BCUT2D eigenvalue weighted by Crippen LogP contribution is 2.49. The molecule has 2 unspecified atom stereocenters. The van der Waals surface area contributed by atoms with Crippen LogP contribution in [0.3, 0.4) is 0 Å². The van der Waals surface area contributed by atoms with Gasteiger partial charge >= 0.3 is 0 Å². The molecule has 20 heavy (non-hydrogen) atoms. The molecule has 0 saturated heterocycles. The van der Waals surface area contributed by atoms with Gasteiger partial charge in [0.1, 0.15) is 0 Å². The number of benzene rings is 1. The molecule has 1 saturated carbocycles. The van der Waals surface area contributed by atoms with Crippen molar-refractivity contribution in [1.29, 1.82) is 0 Å². The molecule has 1 aliphatic carbocycles. The summed E-state index contributed by atoms with van der Waals surface area (Å²) >= 11 is 0. The summed E-state index contributed by atoms with van der Waals surface area (Å²) in [5.41, 5.74) is 1.16. The van der Waals surface area contributed by atoms with Crippen LogP contribution in [0.1, 0.15) is 51.2 Å². The number of fused-ring (bicyclic) bond motifs is 1. The largest absolute Gasteiger partial charge is 0.490 e. The Morgan fingerprint density at radius 1 is 1.15 bits per heavy atom. The van der Waals surface area contributed by atoms with Gasteiger partial charge in [0.25, 0.3) is 0 Å². The molecule has 0 amide bonds. The van der Waals surface area contributed by atoms with Gasteiger partial charge in [0, 0.05) is 6.42 Å². The van der Waals surface area contributed by atoms with Crippen molar-refractivity contribution in [2.24, 2.45) is 11.3 Å². The van der Waals surface area contributed by atoms with E-state index in [9.17, 15) is 5.11 Å². The third-order valence-electron chi connectivity index (χ3n) is 4.83. The second-order valence-electron chi connectivity index (χ2n) is 6.69. The molecule has 1 aromatic rings. The van der Waals surface area contributed by atoms with Gasteiger partial charge in [-0.25, -0.2) is 0 Å². The molecule has 0 bridgehead atoms. The van der Waals surface area contributed by atoms with Crippen molar-refractivity contribution in [2.75, 3.05) is 13.2 Å². The number of rotatable bonds is 2. The van der Waals surface area contributed by atoms with Crippen LogP contribution in [0.4, 0.5) is 0 Å². The Balaban J connectivity index is 1.85. The van der Waals surface area contributed by atoms with Gasteiger partial charge < -0.3 is 14.6 Å². The van der Waals surface area contributed by atoms with E-state index in [1.54, 1.807) is 0 Å². The first-order chi connectivity index (χ1) is 9.58. The molecule has 2 aliphatic rings. The van der Waals surface area contributed by atoms with Crippen LogP contribution >= 0.6 is 0 Å². The van der Waals surface area contributed by atoms with Crippen molar-refractivity contribution in [3.8, 4) is 11.5 Å². The van der Waals surface area contributed by atoms with Gasteiger partial charge in [-0.05, 0) is 41.9 Å². The normalized spacial score (nSPS) is 26.1. The highest BCUT2D eigenvalue weighted by Gasteiger charge is 2.39. The molecule has 0 radical (unpaired) electrons. The second kappa shape index (κ2) is 5.28. The maximum absolute atomic E-state index is 10.7. The third-order valence-corrected chi connectivity index (χ3v) is 4.83. The van der Waals surface area contributed by atoms with E-state index in [1.807, 2.05) is 18.2 Å². The Hall–Kier alpha value is -1.22. The van der Waals surface area contributed by atoms with Gasteiger partial charge in [-0.3, -0.25) is 0 Å². The lowest BCUT2D eigenvalue weighted by atomic mass is 9.77. The summed E-state index contributed by atoms with van der Waals surface area (Å²) in [7, 11) is 0. The van der Waals surface area contributed by atoms with Gasteiger partial charge in [-0.15, -0.1) is 0 Å². The van der Waals surface area contributed by atoms with Crippen molar-refractivity contribution < 1.29 is 14.6 Å². The van der Waals surface area contributed by atoms with Crippen LogP contribution in [0.5, 0.6) is 11.5 Å². The molecule has 1 heterocycles. The smallest absolute Gasteiger partial charge is 0.161 e. The minimum Gasteiger partial charge on any atom is -0.490 e. The first kappa shape index (κ1) is 13.7. The van der Waals surface area contributed by atoms with Crippen LogP contribution in [0.15, 0.2) is 18.2 Å². The molecule has 1 N–H and O–H groups in total. The van der Waals surface area contributed by atoms with Crippen molar-refractivity contribution in [3.63, 3.8) is 0 Å². The average molecular weight is 276 g/mol. The lowest BCUT2D eigenvalue weighted by Crippen LogP contribution is -2.24. The second-order valence-corrected chi connectivity index (χ2v) is 6.69. The summed E-state index contributed by atoms with van der Waals surface area (Å²) in [5.74, 6) is 1.89. The Kier molecular flexibility index (Phi) is 3.63. The van der Waals surface area contributed by atoms with Crippen LogP contribution < -0.4 is 9.47 Å². The molecule has 3 nitrogen and oxygen atoms in total. The molecule has 0 aromatic heterocycles. The fourth-order valence-electron chi connectivity index (χ4n) is 3.54. The fourth-order valence-corrected chi connectivity index (χ4v) is 3.54. The Bertz CT molecular complexity index is 481. The maximum Gasteiger partial charge on any atom is 0.161 e. The Morgan fingerprint density at radius 3 is 2.60 bits per heavy atom. The van der Waals surface area contributed by atoms with E-state index >= 15 is 0 Å². The zero-order chi connectivity index (χ0) is 14.2. The summed E-state index contributed by atoms with van der Waals surface area (Å²) in [4.78, 5) is 0. The van der Waals surface area contributed by atoms with Crippen LogP contribution in [-0.4, -0.2) is 18.3 Å². The van der Waals surface area contributed by atoms with E-state index in [0.717, 1.165) is 29.9 Å². The molecule has 110 valence electrons. The standard InChI is InChI=1S/C17H24O3/c1-17(2)8-3-5-13(17)16(18)12-6-7-14-15(11-12)20-10-4-9-19-14/h6-7,11,13,16,18H,3-5,8-10H2,1-2H3. The zero-order valence-corrected chi connectivity index (χ0v) is 12.4. The van der Waals surface area contributed by atoms with Crippen LogP contribution in [0, 0.1) is 11.3 Å². The summed E-state index contributed by atoms with van der Waals surface area (Å²) in [5, 5.41) is 10.7. The van der Waals surface area contributed by atoms with Crippen LogP contribution in [-0.2, 0) is 0 Å². The van der Waals surface area contributed by atoms with E-state index in [0.29, 0.717) is 19.1 Å². The van der Waals surface area contributed by atoms with Crippen molar-refractivity contribution in [1.82, 2.24) is 0 Å². The molecule has 3 rings (SSSR count). The van der Waals surface area contributed by atoms with E-state index < -0.39 is 6.10 Å². The SMILES string of the molecule is CC1(C)CCCC1C(O)c1ccc2c(c1)OCCCO2. The lowest BCUT2D eigenvalue weighted by molar-refractivity contribution is 0.0529. The summed E-state index contributed by atoms with van der Waals surface area (Å²) in [6.07, 6.45) is 3.99. The van der Waals surface area contributed by atoms with Crippen LogP contribution in [0.2, 0.25) is 0 Å². The van der Waals surface area contributed by atoms with Crippen LogP contribution in [0.25, 0.3) is 0 Å². The molecule has 3 heteroatoms. The quantitative estimate of drug-likeness (QED) is 0.895. The van der Waals surface area contributed by atoms with Crippen molar-refractivity contribution >= 4 is 0 Å². The average Bonchev–Trinajstić information content (AvgIpc) is 2.64.